The lowest BCUT2D eigenvalue weighted by atomic mass is 9.95. The molecule has 6 heteroatoms. The van der Waals surface area contributed by atoms with E-state index in [1.54, 1.807) is 32.9 Å². The van der Waals surface area contributed by atoms with Gasteiger partial charge in [-0.05, 0) is 38.5 Å². The van der Waals surface area contributed by atoms with Crippen molar-refractivity contribution in [3.05, 3.63) is 23.3 Å². The molecule has 0 saturated heterocycles. The topological polar surface area (TPSA) is 87.9 Å². The summed E-state index contributed by atoms with van der Waals surface area (Å²) in [5.41, 5.74) is 4.68. The number of hydrogen-bond acceptors (Lipinski definition) is 6. The van der Waals surface area contributed by atoms with E-state index in [1.807, 2.05) is 0 Å². The van der Waals surface area contributed by atoms with E-state index in [0.29, 0.717) is 22.6 Å². The number of methoxy groups -OCH3 is 2. The summed E-state index contributed by atoms with van der Waals surface area (Å²) in [5.74, 6) is -0.276. The minimum absolute atomic E-state index is 0.0798. The molecular formula is C16H21NO5. The molecule has 0 heterocycles. The summed E-state index contributed by atoms with van der Waals surface area (Å²) in [4.78, 5) is 24.9. The van der Waals surface area contributed by atoms with E-state index in [2.05, 4.69) is 0 Å². The Hall–Kier alpha value is -2.08. The van der Waals surface area contributed by atoms with Gasteiger partial charge in [0, 0.05) is 12.0 Å². The molecule has 22 heavy (non-hydrogen) atoms. The lowest BCUT2D eigenvalue weighted by Gasteiger charge is -2.26. The molecule has 0 saturated carbocycles. The van der Waals surface area contributed by atoms with Gasteiger partial charge in [0.15, 0.2) is 22.8 Å². The Kier molecular flexibility index (Phi) is 3.91. The molecule has 0 bridgehead atoms. The zero-order valence-corrected chi connectivity index (χ0v) is 13.5. The van der Waals surface area contributed by atoms with Crippen molar-refractivity contribution in [1.82, 2.24) is 0 Å². The van der Waals surface area contributed by atoms with Gasteiger partial charge in [-0.15, -0.1) is 0 Å². The Morgan fingerprint density at radius 2 is 1.73 bits per heavy atom. The second-order valence-electron chi connectivity index (χ2n) is 6.34. The van der Waals surface area contributed by atoms with Crippen LogP contribution in [-0.2, 0) is 16.0 Å². The van der Waals surface area contributed by atoms with Gasteiger partial charge < -0.3 is 19.9 Å². The third-order valence-corrected chi connectivity index (χ3v) is 3.49. The molecule has 0 unspecified atom stereocenters. The highest BCUT2D eigenvalue weighted by Gasteiger charge is 2.51. The van der Waals surface area contributed by atoms with E-state index in [4.69, 9.17) is 19.9 Å². The fourth-order valence-electron chi connectivity index (χ4n) is 2.43. The van der Waals surface area contributed by atoms with Crippen LogP contribution in [0.3, 0.4) is 0 Å². The van der Waals surface area contributed by atoms with Crippen molar-refractivity contribution in [3.8, 4) is 11.5 Å². The number of esters is 1. The Labute approximate surface area is 129 Å². The first-order chi connectivity index (χ1) is 10.1. The maximum atomic E-state index is 12.6. The fraction of sp³-hybridized carbons (Fsp3) is 0.500. The molecule has 1 aliphatic carbocycles. The standard InChI is InChI=1S/C16H21NO5/c1-15(2,3)22-14(19)16(17)8-9-6-11(20-4)12(21-5)7-10(9)13(16)18/h6-7H,8,17H2,1-5H3/t16-/m1/s1. The predicted octanol–water partition coefficient (Wildman–Crippen LogP) is 1.48. The lowest BCUT2D eigenvalue weighted by molar-refractivity contribution is -0.159. The van der Waals surface area contributed by atoms with Gasteiger partial charge in [-0.3, -0.25) is 4.79 Å². The third kappa shape index (κ3) is 2.66. The first-order valence-corrected chi connectivity index (χ1v) is 6.94. The highest BCUT2D eigenvalue weighted by Crippen LogP contribution is 2.38. The quantitative estimate of drug-likeness (QED) is 0.672. The molecular weight excluding hydrogens is 286 g/mol. The summed E-state index contributed by atoms with van der Waals surface area (Å²) in [6, 6.07) is 3.22. The molecule has 1 atom stereocenters. The molecule has 0 spiro atoms. The van der Waals surface area contributed by atoms with Crippen molar-refractivity contribution in [1.29, 1.82) is 0 Å². The molecule has 0 aliphatic heterocycles. The Bertz CT molecular complexity index is 632. The van der Waals surface area contributed by atoms with Crippen molar-refractivity contribution in [2.24, 2.45) is 5.73 Å². The molecule has 1 aliphatic rings. The van der Waals surface area contributed by atoms with Gasteiger partial charge in [0.25, 0.3) is 0 Å². The van der Waals surface area contributed by atoms with E-state index in [1.165, 1.54) is 14.2 Å². The van der Waals surface area contributed by atoms with E-state index in [-0.39, 0.29) is 6.42 Å². The van der Waals surface area contributed by atoms with Crippen LogP contribution in [0.5, 0.6) is 11.5 Å². The molecule has 120 valence electrons. The van der Waals surface area contributed by atoms with E-state index in [9.17, 15) is 9.59 Å². The van der Waals surface area contributed by atoms with Crippen LogP contribution in [0.1, 0.15) is 36.7 Å². The number of ketones is 1. The summed E-state index contributed by atoms with van der Waals surface area (Å²) in [7, 11) is 2.98. The van der Waals surface area contributed by atoms with Gasteiger partial charge in [-0.2, -0.15) is 0 Å². The van der Waals surface area contributed by atoms with Crippen LogP contribution in [0.4, 0.5) is 0 Å². The molecule has 0 radical (unpaired) electrons. The maximum absolute atomic E-state index is 12.6. The Morgan fingerprint density at radius 3 is 2.23 bits per heavy atom. The van der Waals surface area contributed by atoms with Gasteiger partial charge in [0.1, 0.15) is 5.60 Å². The SMILES string of the molecule is COc1cc2c(cc1OC)C(=O)[C@@](N)(C(=O)OC(C)(C)C)C2. The summed E-state index contributed by atoms with van der Waals surface area (Å²) in [6.45, 7) is 5.19. The number of rotatable bonds is 3. The highest BCUT2D eigenvalue weighted by molar-refractivity contribution is 6.20. The van der Waals surface area contributed by atoms with Crippen LogP contribution in [0, 0.1) is 0 Å². The average molecular weight is 307 g/mol. The summed E-state index contributed by atoms with van der Waals surface area (Å²) in [6.07, 6.45) is 0.0798. The van der Waals surface area contributed by atoms with Gasteiger partial charge in [0.2, 0.25) is 0 Å². The number of hydrogen-bond donors (Lipinski definition) is 1. The van der Waals surface area contributed by atoms with Crippen molar-refractivity contribution < 1.29 is 23.8 Å². The van der Waals surface area contributed by atoms with Crippen LogP contribution in [-0.4, -0.2) is 37.1 Å². The first kappa shape index (κ1) is 16.3. The number of Topliss-reactive ketones (excluding diaryl/α,β-unsaturated/α-hetero) is 1. The molecule has 2 N–H and O–H groups in total. The van der Waals surface area contributed by atoms with Gasteiger partial charge >= 0.3 is 5.97 Å². The third-order valence-electron chi connectivity index (χ3n) is 3.49. The van der Waals surface area contributed by atoms with Gasteiger partial charge in [0.05, 0.1) is 14.2 Å². The maximum Gasteiger partial charge on any atom is 0.335 e. The molecule has 1 aromatic carbocycles. The number of fused-ring (bicyclic) bond motifs is 1. The summed E-state index contributed by atoms with van der Waals surface area (Å²) < 4.78 is 15.7. The predicted molar refractivity (Wildman–Crippen MR) is 80.3 cm³/mol. The van der Waals surface area contributed by atoms with E-state index < -0.39 is 22.9 Å². The van der Waals surface area contributed by atoms with Crippen LogP contribution < -0.4 is 15.2 Å². The zero-order chi connectivity index (χ0) is 16.7. The van der Waals surface area contributed by atoms with Gasteiger partial charge in [-0.25, -0.2) is 4.79 Å². The van der Waals surface area contributed by atoms with Crippen LogP contribution >= 0.6 is 0 Å². The number of ether oxygens (including phenoxy) is 3. The van der Waals surface area contributed by atoms with Gasteiger partial charge in [-0.1, -0.05) is 0 Å². The number of carbonyl (C=O) groups excluding carboxylic acids is 2. The zero-order valence-electron chi connectivity index (χ0n) is 13.5. The Morgan fingerprint density at radius 1 is 1.18 bits per heavy atom. The summed E-state index contributed by atoms with van der Waals surface area (Å²) in [5, 5.41) is 0. The monoisotopic (exact) mass is 307 g/mol. The molecule has 1 aromatic rings. The molecule has 0 aromatic heterocycles. The fourth-order valence-corrected chi connectivity index (χ4v) is 2.43. The van der Waals surface area contributed by atoms with Crippen molar-refractivity contribution >= 4 is 11.8 Å². The van der Waals surface area contributed by atoms with E-state index in [0.717, 1.165) is 0 Å². The second-order valence-corrected chi connectivity index (χ2v) is 6.34. The minimum atomic E-state index is -1.70. The van der Waals surface area contributed by atoms with Crippen LogP contribution in [0.25, 0.3) is 0 Å². The molecule has 2 rings (SSSR count). The van der Waals surface area contributed by atoms with Crippen molar-refractivity contribution in [2.45, 2.75) is 38.3 Å². The Balaban J connectivity index is 2.41. The normalized spacial score (nSPS) is 20.5. The largest absolute Gasteiger partial charge is 0.493 e. The molecule has 6 nitrogen and oxygen atoms in total. The van der Waals surface area contributed by atoms with Crippen molar-refractivity contribution in [3.63, 3.8) is 0 Å². The van der Waals surface area contributed by atoms with Crippen molar-refractivity contribution in [2.75, 3.05) is 14.2 Å². The smallest absolute Gasteiger partial charge is 0.335 e. The second kappa shape index (κ2) is 5.28. The van der Waals surface area contributed by atoms with Crippen LogP contribution in [0.2, 0.25) is 0 Å². The van der Waals surface area contributed by atoms with Crippen LogP contribution in [0.15, 0.2) is 12.1 Å². The molecule has 0 fully saturated rings. The first-order valence-electron chi connectivity index (χ1n) is 6.94. The average Bonchev–Trinajstić information content (AvgIpc) is 2.68. The van der Waals surface area contributed by atoms with E-state index >= 15 is 0 Å². The minimum Gasteiger partial charge on any atom is -0.493 e. The highest BCUT2D eigenvalue weighted by atomic mass is 16.6. The summed E-state index contributed by atoms with van der Waals surface area (Å²) >= 11 is 0. The lowest BCUT2D eigenvalue weighted by Crippen LogP contribution is -2.55. The molecule has 0 amide bonds. The number of benzene rings is 1. The number of carbonyl (C=O) groups is 2. The number of nitrogens with two attached hydrogens (primary N) is 1.